The Morgan fingerprint density at radius 1 is 1.10 bits per heavy atom. The molecule has 9 heteroatoms. The van der Waals surface area contributed by atoms with Crippen LogP contribution in [0.1, 0.15) is 32.4 Å². The fraction of sp³-hybridized carbons (Fsp3) is 0.545. The molecule has 0 spiro atoms. The second-order valence-electron chi connectivity index (χ2n) is 7.56. The summed E-state index contributed by atoms with van der Waals surface area (Å²) in [5, 5.41) is 3.62. The average molecular weight is 469 g/mol. The normalized spacial score (nSPS) is 20.7. The minimum atomic E-state index is -0.729. The number of esters is 1. The number of nitrogens with one attached hydrogen (secondary N) is 1. The number of carbonyl (C=O) groups is 2. The van der Waals surface area contributed by atoms with Gasteiger partial charge in [0.1, 0.15) is 0 Å². The maximum atomic E-state index is 13.1. The van der Waals surface area contributed by atoms with E-state index in [1.165, 1.54) is 0 Å². The first kappa shape index (κ1) is 23.9. The number of hydrogen-bond donors (Lipinski definition) is 1. The monoisotopic (exact) mass is 468 g/mol. The molecule has 31 heavy (non-hydrogen) atoms. The molecule has 2 heterocycles. The molecule has 7 nitrogen and oxygen atoms in total. The van der Waals surface area contributed by atoms with Gasteiger partial charge in [0.15, 0.2) is 0 Å². The highest BCUT2D eigenvalue weighted by Crippen LogP contribution is 2.37. The number of ether oxygens (including phenoxy) is 1. The Morgan fingerprint density at radius 3 is 2.39 bits per heavy atom. The molecule has 3 rings (SSSR count). The zero-order valence-electron chi connectivity index (χ0n) is 18.3. The third-order valence-corrected chi connectivity index (χ3v) is 6.66. The van der Waals surface area contributed by atoms with Crippen LogP contribution in [0.25, 0.3) is 0 Å². The number of amides is 2. The van der Waals surface area contributed by atoms with Crippen molar-refractivity contribution in [3.8, 4) is 0 Å². The van der Waals surface area contributed by atoms with E-state index in [4.69, 9.17) is 27.9 Å². The molecule has 1 saturated heterocycles. The Bertz CT molecular complexity index is 853. The second kappa shape index (κ2) is 10.7. The molecule has 170 valence electrons. The van der Waals surface area contributed by atoms with Crippen molar-refractivity contribution in [1.82, 2.24) is 20.0 Å². The lowest BCUT2D eigenvalue weighted by Crippen LogP contribution is -2.53. The first-order valence-electron chi connectivity index (χ1n) is 10.8. The summed E-state index contributed by atoms with van der Waals surface area (Å²) in [6.07, 6.45) is 0. The van der Waals surface area contributed by atoms with Gasteiger partial charge in [-0.25, -0.2) is 9.59 Å². The van der Waals surface area contributed by atoms with E-state index in [9.17, 15) is 9.59 Å². The van der Waals surface area contributed by atoms with Crippen LogP contribution < -0.4 is 5.32 Å². The van der Waals surface area contributed by atoms with Gasteiger partial charge in [0, 0.05) is 45.0 Å². The Hall–Kier alpha value is -1.80. The predicted octanol–water partition coefficient (Wildman–Crippen LogP) is 3.53. The average Bonchev–Trinajstić information content (AvgIpc) is 2.76. The third kappa shape index (κ3) is 5.17. The zero-order valence-corrected chi connectivity index (χ0v) is 19.8. The van der Waals surface area contributed by atoms with Crippen LogP contribution in [-0.4, -0.2) is 79.1 Å². The molecule has 2 aliphatic heterocycles. The lowest BCUT2D eigenvalue weighted by atomic mass is 9.94. The minimum Gasteiger partial charge on any atom is -0.463 e. The SMILES string of the molecule is CCOC(=O)C1=C(CN2CCN(CC)CC2)N(CC)C(=O)N[C@@H]1c1cccc(Cl)c1Cl. The molecule has 1 atom stereocenters. The number of hydrogen-bond acceptors (Lipinski definition) is 5. The molecule has 0 unspecified atom stereocenters. The Labute approximate surface area is 193 Å². The summed E-state index contributed by atoms with van der Waals surface area (Å²) >= 11 is 12.7. The van der Waals surface area contributed by atoms with Crippen molar-refractivity contribution in [3.05, 3.63) is 45.1 Å². The van der Waals surface area contributed by atoms with Crippen LogP contribution in [0.2, 0.25) is 10.0 Å². The summed E-state index contributed by atoms with van der Waals surface area (Å²) in [7, 11) is 0. The maximum Gasteiger partial charge on any atom is 0.338 e. The molecular weight excluding hydrogens is 439 g/mol. The molecule has 0 aliphatic carbocycles. The molecule has 2 aliphatic rings. The number of likely N-dealkylation sites (N-methyl/N-ethyl adjacent to an activating group) is 2. The summed E-state index contributed by atoms with van der Waals surface area (Å²) in [6.45, 7) is 11.7. The highest BCUT2D eigenvalue weighted by atomic mass is 35.5. The molecule has 1 fully saturated rings. The topological polar surface area (TPSA) is 65.1 Å². The summed E-state index contributed by atoms with van der Waals surface area (Å²) in [6, 6.07) is 4.22. The molecule has 2 amide bonds. The summed E-state index contributed by atoms with van der Waals surface area (Å²) in [4.78, 5) is 32.4. The molecule has 0 saturated carbocycles. The van der Waals surface area contributed by atoms with Crippen LogP contribution in [0.15, 0.2) is 29.5 Å². The van der Waals surface area contributed by atoms with Crippen LogP contribution in [0.3, 0.4) is 0 Å². The van der Waals surface area contributed by atoms with E-state index in [2.05, 4.69) is 22.0 Å². The quantitative estimate of drug-likeness (QED) is 0.619. The number of piperazine rings is 1. The van der Waals surface area contributed by atoms with E-state index in [-0.39, 0.29) is 12.6 Å². The Balaban J connectivity index is 2.06. The van der Waals surface area contributed by atoms with Gasteiger partial charge < -0.3 is 15.0 Å². The number of nitrogens with zero attached hydrogens (tertiary/aromatic N) is 3. The fourth-order valence-electron chi connectivity index (χ4n) is 4.11. The Kier molecular flexibility index (Phi) is 8.22. The van der Waals surface area contributed by atoms with E-state index in [1.807, 2.05) is 6.92 Å². The van der Waals surface area contributed by atoms with Gasteiger partial charge in [-0.05, 0) is 32.0 Å². The van der Waals surface area contributed by atoms with Gasteiger partial charge in [-0.3, -0.25) is 9.80 Å². The fourth-order valence-corrected chi connectivity index (χ4v) is 4.53. The molecule has 0 radical (unpaired) electrons. The first-order chi connectivity index (χ1) is 14.9. The van der Waals surface area contributed by atoms with E-state index in [0.29, 0.717) is 40.0 Å². The van der Waals surface area contributed by atoms with Crippen LogP contribution in [0, 0.1) is 0 Å². The van der Waals surface area contributed by atoms with Gasteiger partial charge in [0.2, 0.25) is 0 Å². The highest BCUT2D eigenvalue weighted by molar-refractivity contribution is 6.42. The molecule has 1 aromatic rings. The van der Waals surface area contributed by atoms with Crippen molar-refractivity contribution in [2.75, 3.05) is 52.4 Å². The van der Waals surface area contributed by atoms with Crippen molar-refractivity contribution in [1.29, 1.82) is 0 Å². The number of halogens is 2. The molecule has 1 aromatic carbocycles. The van der Waals surface area contributed by atoms with Crippen LogP contribution in [0.5, 0.6) is 0 Å². The highest BCUT2D eigenvalue weighted by Gasteiger charge is 2.39. The predicted molar refractivity (Wildman–Crippen MR) is 122 cm³/mol. The number of carbonyl (C=O) groups excluding carboxylic acids is 2. The van der Waals surface area contributed by atoms with Crippen LogP contribution in [0.4, 0.5) is 4.79 Å². The standard InChI is InChI=1S/C22H30Cl2N4O3/c1-4-26-10-12-27(13-11-26)14-17-18(21(29)31-6-3)20(25-22(30)28(17)5-2)15-8-7-9-16(23)19(15)24/h7-9,20H,4-6,10-14H2,1-3H3,(H,25,30)/t20-/m1/s1. The number of rotatable bonds is 7. The smallest absolute Gasteiger partial charge is 0.338 e. The van der Waals surface area contributed by atoms with E-state index >= 15 is 0 Å². The maximum absolute atomic E-state index is 13.1. The number of urea groups is 1. The van der Waals surface area contributed by atoms with E-state index in [0.717, 1.165) is 32.7 Å². The molecule has 1 N–H and O–H groups in total. The number of benzene rings is 1. The van der Waals surface area contributed by atoms with Crippen molar-refractivity contribution < 1.29 is 14.3 Å². The van der Waals surface area contributed by atoms with Crippen molar-refractivity contribution in [2.24, 2.45) is 0 Å². The first-order valence-corrected chi connectivity index (χ1v) is 11.5. The second-order valence-corrected chi connectivity index (χ2v) is 8.35. The summed E-state index contributed by atoms with van der Waals surface area (Å²) in [5.41, 5.74) is 1.65. The van der Waals surface area contributed by atoms with Crippen molar-refractivity contribution in [2.45, 2.75) is 26.8 Å². The van der Waals surface area contributed by atoms with E-state index in [1.54, 1.807) is 30.0 Å². The van der Waals surface area contributed by atoms with Crippen LogP contribution in [-0.2, 0) is 9.53 Å². The van der Waals surface area contributed by atoms with Gasteiger partial charge >= 0.3 is 12.0 Å². The lowest BCUT2D eigenvalue weighted by Gasteiger charge is -2.40. The minimum absolute atomic E-state index is 0.237. The molecular formula is C22H30Cl2N4O3. The third-order valence-electron chi connectivity index (χ3n) is 5.83. The molecule has 0 aromatic heterocycles. The van der Waals surface area contributed by atoms with Gasteiger partial charge in [-0.1, -0.05) is 42.3 Å². The zero-order chi connectivity index (χ0) is 22.5. The van der Waals surface area contributed by atoms with Gasteiger partial charge in [0.25, 0.3) is 0 Å². The Morgan fingerprint density at radius 2 is 1.77 bits per heavy atom. The van der Waals surface area contributed by atoms with E-state index < -0.39 is 12.0 Å². The summed E-state index contributed by atoms with van der Waals surface area (Å²) < 4.78 is 5.41. The van der Waals surface area contributed by atoms with Gasteiger partial charge in [-0.15, -0.1) is 0 Å². The van der Waals surface area contributed by atoms with Crippen molar-refractivity contribution >= 4 is 35.2 Å². The largest absolute Gasteiger partial charge is 0.463 e. The summed E-state index contributed by atoms with van der Waals surface area (Å²) in [5.74, 6) is -0.454. The molecule has 0 bridgehead atoms. The van der Waals surface area contributed by atoms with Gasteiger partial charge in [0.05, 0.1) is 28.3 Å². The van der Waals surface area contributed by atoms with Crippen molar-refractivity contribution in [3.63, 3.8) is 0 Å². The van der Waals surface area contributed by atoms with Gasteiger partial charge in [-0.2, -0.15) is 0 Å². The lowest BCUT2D eigenvalue weighted by molar-refractivity contribution is -0.139. The van der Waals surface area contributed by atoms with Crippen LogP contribution >= 0.6 is 23.2 Å².